The Morgan fingerprint density at radius 1 is 1.18 bits per heavy atom. The lowest BCUT2D eigenvalue weighted by Gasteiger charge is -2.18. The van der Waals surface area contributed by atoms with E-state index >= 15 is 0 Å². The topological polar surface area (TPSA) is 61.6 Å². The van der Waals surface area contributed by atoms with Crippen LogP contribution >= 0.6 is 23.2 Å². The van der Waals surface area contributed by atoms with E-state index in [0.29, 0.717) is 39.1 Å². The second kappa shape index (κ2) is 8.02. The van der Waals surface area contributed by atoms with Gasteiger partial charge in [0.25, 0.3) is 0 Å². The van der Waals surface area contributed by atoms with E-state index in [9.17, 15) is 4.79 Å². The highest BCUT2D eigenvalue weighted by Gasteiger charge is 2.23. The molecule has 0 bridgehead atoms. The maximum absolute atomic E-state index is 12.3. The largest absolute Gasteiger partial charge is 0.493 e. The maximum atomic E-state index is 12.3. The molecule has 0 unspecified atom stereocenters. The van der Waals surface area contributed by atoms with Crippen molar-refractivity contribution in [3.05, 3.63) is 62.2 Å². The van der Waals surface area contributed by atoms with E-state index in [0.717, 1.165) is 36.6 Å². The van der Waals surface area contributed by atoms with Gasteiger partial charge in [-0.25, -0.2) is 4.79 Å². The van der Waals surface area contributed by atoms with Crippen LogP contribution in [-0.4, -0.2) is 18.2 Å². The first-order valence-electron chi connectivity index (χ1n) is 9.15. The zero-order valence-corrected chi connectivity index (χ0v) is 16.8. The Morgan fingerprint density at radius 3 is 2.57 bits per heavy atom. The van der Waals surface area contributed by atoms with Gasteiger partial charge in [-0.15, -0.1) is 0 Å². The Bertz CT molecular complexity index is 1050. The molecule has 2 aromatic heterocycles. The molecule has 0 atom stereocenters. The van der Waals surface area contributed by atoms with E-state index in [2.05, 4.69) is 4.98 Å². The van der Waals surface area contributed by atoms with Crippen LogP contribution in [0.3, 0.4) is 0 Å². The molecule has 0 saturated heterocycles. The van der Waals surface area contributed by atoms with Gasteiger partial charge in [0.1, 0.15) is 0 Å². The van der Waals surface area contributed by atoms with E-state index in [4.69, 9.17) is 37.1 Å². The van der Waals surface area contributed by atoms with Crippen LogP contribution in [0.5, 0.6) is 11.5 Å². The molecule has 5 nitrogen and oxygen atoms in total. The van der Waals surface area contributed by atoms with Crippen molar-refractivity contribution in [1.82, 2.24) is 4.98 Å². The summed E-state index contributed by atoms with van der Waals surface area (Å²) in [5.74, 6) is 1.01. The van der Waals surface area contributed by atoms with Crippen LogP contribution in [0.1, 0.15) is 36.8 Å². The third-order valence-corrected chi connectivity index (χ3v) is 5.69. The Labute approximate surface area is 172 Å². The molecule has 2 heterocycles. The quantitative estimate of drug-likeness (QED) is 0.516. The van der Waals surface area contributed by atoms with Gasteiger partial charge in [0.05, 0.1) is 23.3 Å². The number of aromatic nitrogens is 1. The molecule has 1 fully saturated rings. The third kappa shape index (κ3) is 3.69. The van der Waals surface area contributed by atoms with Crippen LogP contribution in [0.15, 0.2) is 39.8 Å². The normalized spacial score (nSPS) is 14.5. The van der Waals surface area contributed by atoms with Crippen molar-refractivity contribution in [3.63, 3.8) is 0 Å². The molecule has 0 N–H and O–H groups in total. The number of hydrogen-bond acceptors (Lipinski definition) is 5. The molecule has 0 radical (unpaired) electrons. The zero-order valence-electron chi connectivity index (χ0n) is 15.3. The fourth-order valence-corrected chi connectivity index (χ4v) is 4.14. The van der Waals surface area contributed by atoms with Gasteiger partial charge in [-0.3, -0.25) is 4.98 Å². The number of benzene rings is 1. The van der Waals surface area contributed by atoms with Crippen molar-refractivity contribution < 1.29 is 13.9 Å². The van der Waals surface area contributed by atoms with Gasteiger partial charge in [0, 0.05) is 30.3 Å². The van der Waals surface area contributed by atoms with E-state index in [-0.39, 0.29) is 6.10 Å². The lowest BCUT2D eigenvalue weighted by atomic mass is 10.0. The van der Waals surface area contributed by atoms with Crippen molar-refractivity contribution in [2.24, 2.45) is 0 Å². The standard InChI is InChI=1S/C21H19Cl2NO4/c1-26-18-7-6-14-12(8-15-16(22)10-24-11-17(15)23)9-19(25)28-20(14)21(18)27-13-4-2-3-5-13/h6-7,9-11,13H,2-5,8H2,1H3. The minimum atomic E-state index is -0.465. The molecular formula is C21H19Cl2NO4. The predicted octanol–water partition coefficient (Wildman–Crippen LogP) is 5.42. The molecule has 4 rings (SSSR count). The average molecular weight is 420 g/mol. The molecule has 0 spiro atoms. The van der Waals surface area contributed by atoms with Crippen molar-refractivity contribution in [1.29, 1.82) is 0 Å². The fraction of sp³-hybridized carbons (Fsp3) is 0.333. The van der Waals surface area contributed by atoms with Crippen LogP contribution in [0.4, 0.5) is 0 Å². The summed E-state index contributed by atoms with van der Waals surface area (Å²) in [4.78, 5) is 16.3. The van der Waals surface area contributed by atoms with Crippen LogP contribution in [-0.2, 0) is 6.42 Å². The molecule has 3 aromatic rings. The minimum absolute atomic E-state index is 0.0949. The summed E-state index contributed by atoms with van der Waals surface area (Å²) < 4.78 is 17.2. The predicted molar refractivity (Wildman–Crippen MR) is 109 cm³/mol. The average Bonchev–Trinajstić information content (AvgIpc) is 3.18. The lowest BCUT2D eigenvalue weighted by Crippen LogP contribution is -2.13. The van der Waals surface area contributed by atoms with Gasteiger partial charge in [-0.05, 0) is 48.9 Å². The first-order chi connectivity index (χ1) is 13.6. The summed E-state index contributed by atoms with van der Waals surface area (Å²) in [5.41, 5.74) is 1.38. The van der Waals surface area contributed by atoms with Crippen LogP contribution < -0.4 is 15.1 Å². The number of fused-ring (bicyclic) bond motifs is 1. The SMILES string of the molecule is COc1ccc2c(Cc3c(Cl)cncc3Cl)cc(=O)oc2c1OC1CCCC1. The van der Waals surface area contributed by atoms with Crippen molar-refractivity contribution >= 4 is 34.2 Å². The smallest absolute Gasteiger partial charge is 0.336 e. The molecule has 146 valence electrons. The third-order valence-electron chi connectivity index (χ3n) is 5.04. The van der Waals surface area contributed by atoms with E-state index in [1.807, 2.05) is 12.1 Å². The molecule has 7 heteroatoms. The van der Waals surface area contributed by atoms with E-state index in [1.165, 1.54) is 18.5 Å². The monoisotopic (exact) mass is 419 g/mol. The van der Waals surface area contributed by atoms with Gasteiger partial charge >= 0.3 is 5.63 Å². The molecular weight excluding hydrogens is 401 g/mol. The Kier molecular flexibility index (Phi) is 5.47. The summed E-state index contributed by atoms with van der Waals surface area (Å²) in [6.07, 6.45) is 7.76. The number of pyridine rings is 1. The van der Waals surface area contributed by atoms with Gasteiger partial charge < -0.3 is 13.9 Å². The molecule has 1 aliphatic carbocycles. The second-order valence-corrected chi connectivity index (χ2v) is 7.66. The first-order valence-corrected chi connectivity index (χ1v) is 9.90. The molecule has 1 saturated carbocycles. The number of methoxy groups -OCH3 is 1. The number of nitrogens with zero attached hydrogens (tertiary/aromatic N) is 1. The number of hydrogen-bond donors (Lipinski definition) is 0. The molecule has 0 aliphatic heterocycles. The minimum Gasteiger partial charge on any atom is -0.493 e. The maximum Gasteiger partial charge on any atom is 0.336 e. The Hall–Kier alpha value is -2.24. The van der Waals surface area contributed by atoms with Crippen LogP contribution in [0.25, 0.3) is 11.0 Å². The highest BCUT2D eigenvalue weighted by atomic mass is 35.5. The van der Waals surface area contributed by atoms with Gasteiger partial charge in [-0.1, -0.05) is 23.2 Å². The zero-order chi connectivity index (χ0) is 19.7. The fourth-order valence-electron chi connectivity index (χ4n) is 3.64. The highest BCUT2D eigenvalue weighted by molar-refractivity contribution is 6.35. The van der Waals surface area contributed by atoms with Crippen LogP contribution in [0.2, 0.25) is 10.0 Å². The van der Waals surface area contributed by atoms with Crippen molar-refractivity contribution in [2.45, 2.75) is 38.2 Å². The first kappa shape index (κ1) is 19.1. The highest BCUT2D eigenvalue weighted by Crippen LogP contribution is 2.39. The Morgan fingerprint density at radius 2 is 1.89 bits per heavy atom. The summed E-state index contributed by atoms with van der Waals surface area (Å²) in [6.45, 7) is 0. The van der Waals surface area contributed by atoms with E-state index < -0.39 is 5.63 Å². The second-order valence-electron chi connectivity index (χ2n) is 6.85. The molecule has 1 aliphatic rings. The number of halogens is 2. The number of rotatable bonds is 5. The summed E-state index contributed by atoms with van der Waals surface area (Å²) in [5, 5.41) is 1.66. The Balaban J connectivity index is 1.85. The van der Waals surface area contributed by atoms with Gasteiger partial charge in [-0.2, -0.15) is 0 Å². The number of ether oxygens (including phenoxy) is 2. The van der Waals surface area contributed by atoms with E-state index in [1.54, 1.807) is 7.11 Å². The lowest BCUT2D eigenvalue weighted by molar-refractivity contribution is 0.200. The van der Waals surface area contributed by atoms with Crippen molar-refractivity contribution in [3.8, 4) is 11.5 Å². The summed E-state index contributed by atoms with van der Waals surface area (Å²) in [6, 6.07) is 5.14. The summed E-state index contributed by atoms with van der Waals surface area (Å²) in [7, 11) is 1.57. The molecule has 1 aromatic carbocycles. The van der Waals surface area contributed by atoms with Crippen molar-refractivity contribution in [2.75, 3.05) is 7.11 Å². The summed E-state index contributed by atoms with van der Waals surface area (Å²) >= 11 is 12.5. The van der Waals surface area contributed by atoms with Gasteiger partial charge in [0.2, 0.25) is 5.75 Å². The molecule has 0 amide bonds. The molecule has 28 heavy (non-hydrogen) atoms. The van der Waals surface area contributed by atoms with Crippen LogP contribution in [0, 0.1) is 0 Å². The van der Waals surface area contributed by atoms with Gasteiger partial charge in [0.15, 0.2) is 11.3 Å².